The highest BCUT2D eigenvalue weighted by atomic mass is 14.9. The van der Waals surface area contributed by atoms with Crippen LogP contribution in [0.4, 0.5) is 0 Å². The Morgan fingerprint density at radius 1 is 1.17 bits per heavy atom. The highest BCUT2D eigenvalue weighted by Crippen LogP contribution is 2.31. The summed E-state index contributed by atoms with van der Waals surface area (Å²) in [6.45, 7) is 4.37. The normalized spacial score (nSPS) is 22.3. The number of unbranched alkanes of at least 4 members (excludes halogenated alkanes) is 1. The van der Waals surface area contributed by atoms with Crippen LogP contribution in [0.2, 0.25) is 0 Å². The first-order chi connectivity index (χ1) is 8.87. The Morgan fingerprint density at radius 3 is 2.67 bits per heavy atom. The topological polar surface area (TPSA) is 12.0 Å². The van der Waals surface area contributed by atoms with Crippen molar-refractivity contribution in [1.29, 1.82) is 0 Å². The molecule has 0 aliphatic heterocycles. The van der Waals surface area contributed by atoms with Gasteiger partial charge in [0.05, 0.1) is 0 Å². The molecule has 1 heteroatoms. The van der Waals surface area contributed by atoms with E-state index in [4.69, 9.17) is 0 Å². The number of allylic oxidation sites excluding steroid dienone is 3. The van der Waals surface area contributed by atoms with Crippen molar-refractivity contribution in [3.63, 3.8) is 0 Å². The van der Waals surface area contributed by atoms with Gasteiger partial charge in [-0.3, -0.25) is 0 Å². The van der Waals surface area contributed by atoms with E-state index in [1.807, 2.05) is 0 Å². The highest BCUT2D eigenvalue weighted by Gasteiger charge is 2.28. The van der Waals surface area contributed by atoms with Crippen molar-refractivity contribution in [2.45, 2.75) is 31.6 Å². The minimum absolute atomic E-state index is 0.143. The summed E-state index contributed by atoms with van der Waals surface area (Å²) in [4.78, 5) is 0. The van der Waals surface area contributed by atoms with Gasteiger partial charge in [-0.05, 0) is 24.9 Å². The molecule has 1 nitrogen and oxygen atoms in total. The summed E-state index contributed by atoms with van der Waals surface area (Å²) in [5, 5.41) is 3.61. The van der Waals surface area contributed by atoms with Gasteiger partial charge in [-0.25, -0.2) is 0 Å². The average Bonchev–Trinajstić information content (AvgIpc) is 2.46. The Bertz CT molecular complexity index is 405. The van der Waals surface area contributed by atoms with Gasteiger partial charge in [-0.2, -0.15) is 0 Å². The van der Waals surface area contributed by atoms with Gasteiger partial charge in [-0.1, -0.05) is 68.0 Å². The maximum Gasteiger partial charge on any atom is 0.0294 e. The van der Waals surface area contributed by atoms with Crippen molar-refractivity contribution < 1.29 is 0 Å². The van der Waals surface area contributed by atoms with Gasteiger partial charge >= 0.3 is 0 Å². The van der Waals surface area contributed by atoms with Crippen LogP contribution >= 0.6 is 0 Å². The van der Waals surface area contributed by atoms with Gasteiger partial charge in [-0.15, -0.1) is 0 Å². The number of rotatable bonds is 6. The third kappa shape index (κ3) is 3.11. The first-order valence-electron chi connectivity index (χ1n) is 6.98. The van der Waals surface area contributed by atoms with Gasteiger partial charge in [0.2, 0.25) is 0 Å². The Labute approximate surface area is 111 Å². The zero-order chi connectivity index (χ0) is 12.7. The molecule has 96 valence electrons. The molecule has 1 atom stereocenters. The summed E-state index contributed by atoms with van der Waals surface area (Å²) in [7, 11) is 0. The van der Waals surface area contributed by atoms with Gasteiger partial charge < -0.3 is 5.32 Å². The van der Waals surface area contributed by atoms with E-state index < -0.39 is 0 Å². The summed E-state index contributed by atoms with van der Waals surface area (Å²) in [5.74, 6) is 0. The van der Waals surface area contributed by atoms with E-state index >= 15 is 0 Å². The molecule has 1 aliphatic rings. The van der Waals surface area contributed by atoms with Gasteiger partial charge in [0.15, 0.2) is 0 Å². The highest BCUT2D eigenvalue weighted by molar-refractivity contribution is 5.36. The molecule has 0 saturated carbocycles. The van der Waals surface area contributed by atoms with E-state index in [1.54, 1.807) is 0 Å². The van der Waals surface area contributed by atoms with Crippen molar-refractivity contribution in [3.8, 4) is 0 Å². The van der Waals surface area contributed by atoms with Crippen molar-refractivity contribution in [2.75, 3.05) is 13.1 Å². The number of nitrogens with one attached hydrogen (secondary N) is 1. The monoisotopic (exact) mass is 241 g/mol. The third-order valence-electron chi connectivity index (χ3n) is 3.64. The number of hydrogen-bond donors (Lipinski definition) is 1. The fourth-order valence-corrected chi connectivity index (χ4v) is 2.50. The second kappa shape index (κ2) is 6.55. The van der Waals surface area contributed by atoms with Crippen LogP contribution in [0, 0.1) is 0 Å². The molecule has 1 aromatic carbocycles. The summed E-state index contributed by atoms with van der Waals surface area (Å²) < 4.78 is 0. The van der Waals surface area contributed by atoms with Crippen LogP contribution in [0.5, 0.6) is 0 Å². The summed E-state index contributed by atoms with van der Waals surface area (Å²) in [6.07, 6.45) is 12.5. The Balaban J connectivity index is 2.09. The zero-order valence-electron chi connectivity index (χ0n) is 11.2. The van der Waals surface area contributed by atoms with Crippen molar-refractivity contribution >= 4 is 0 Å². The first-order valence-corrected chi connectivity index (χ1v) is 6.98. The van der Waals surface area contributed by atoms with E-state index in [-0.39, 0.29) is 5.41 Å². The van der Waals surface area contributed by atoms with Gasteiger partial charge in [0.1, 0.15) is 0 Å². The van der Waals surface area contributed by atoms with E-state index in [9.17, 15) is 0 Å². The molecular formula is C17H23N. The Morgan fingerprint density at radius 2 is 2.00 bits per heavy atom. The van der Waals surface area contributed by atoms with Gasteiger partial charge in [0.25, 0.3) is 0 Å². The predicted octanol–water partition coefficient (Wildman–Crippen LogP) is 3.83. The van der Waals surface area contributed by atoms with Gasteiger partial charge in [0, 0.05) is 12.0 Å². The van der Waals surface area contributed by atoms with E-state index in [0.29, 0.717) is 0 Å². The molecule has 1 aliphatic carbocycles. The van der Waals surface area contributed by atoms with E-state index in [2.05, 4.69) is 66.9 Å². The van der Waals surface area contributed by atoms with Crippen molar-refractivity contribution in [2.24, 2.45) is 0 Å². The summed E-state index contributed by atoms with van der Waals surface area (Å²) in [6, 6.07) is 10.8. The maximum absolute atomic E-state index is 3.61. The Kier molecular flexibility index (Phi) is 4.77. The Hall–Kier alpha value is -1.34. The first kappa shape index (κ1) is 13.1. The minimum Gasteiger partial charge on any atom is -0.316 e. The minimum atomic E-state index is 0.143. The summed E-state index contributed by atoms with van der Waals surface area (Å²) >= 11 is 0. The van der Waals surface area contributed by atoms with Crippen molar-refractivity contribution in [3.05, 3.63) is 60.2 Å². The largest absolute Gasteiger partial charge is 0.316 e. The van der Waals surface area contributed by atoms with Crippen LogP contribution in [-0.4, -0.2) is 13.1 Å². The molecule has 1 aromatic rings. The van der Waals surface area contributed by atoms with Crippen LogP contribution < -0.4 is 5.32 Å². The molecule has 1 unspecified atom stereocenters. The SMILES string of the molecule is CCCCNCC1(c2ccccc2)C=CC=CC1. The number of hydrogen-bond acceptors (Lipinski definition) is 1. The van der Waals surface area contributed by atoms with Crippen LogP contribution in [-0.2, 0) is 5.41 Å². The lowest BCUT2D eigenvalue weighted by molar-refractivity contribution is 0.475. The lowest BCUT2D eigenvalue weighted by Gasteiger charge is -2.32. The maximum atomic E-state index is 3.61. The fraction of sp³-hybridized carbons (Fsp3) is 0.412. The predicted molar refractivity (Wildman–Crippen MR) is 78.8 cm³/mol. The molecule has 18 heavy (non-hydrogen) atoms. The smallest absolute Gasteiger partial charge is 0.0294 e. The number of benzene rings is 1. The molecule has 0 spiro atoms. The van der Waals surface area contributed by atoms with E-state index in [1.165, 1.54) is 18.4 Å². The standard InChI is InChI=1S/C17H23N/c1-2-3-14-18-15-17(12-8-5-9-13-17)16-10-6-4-7-11-16/h4-12,18H,2-3,13-15H2,1H3. The molecular weight excluding hydrogens is 218 g/mol. The van der Waals surface area contributed by atoms with Crippen LogP contribution in [0.25, 0.3) is 0 Å². The van der Waals surface area contributed by atoms with Crippen LogP contribution in [0.15, 0.2) is 54.6 Å². The lowest BCUT2D eigenvalue weighted by Crippen LogP contribution is -2.37. The van der Waals surface area contributed by atoms with Crippen molar-refractivity contribution in [1.82, 2.24) is 5.32 Å². The third-order valence-corrected chi connectivity index (χ3v) is 3.64. The lowest BCUT2D eigenvalue weighted by atomic mass is 9.75. The zero-order valence-corrected chi connectivity index (χ0v) is 11.2. The molecule has 0 heterocycles. The van der Waals surface area contributed by atoms with Crippen LogP contribution in [0.1, 0.15) is 31.7 Å². The molecule has 0 bridgehead atoms. The molecule has 2 rings (SSSR count). The van der Waals surface area contributed by atoms with Crippen LogP contribution in [0.3, 0.4) is 0 Å². The summed E-state index contributed by atoms with van der Waals surface area (Å²) in [5.41, 5.74) is 1.55. The molecule has 0 aromatic heterocycles. The second-order valence-electron chi connectivity index (χ2n) is 5.04. The average molecular weight is 241 g/mol. The molecule has 0 amide bonds. The quantitative estimate of drug-likeness (QED) is 0.746. The molecule has 1 N–H and O–H groups in total. The fourth-order valence-electron chi connectivity index (χ4n) is 2.50. The molecule has 0 radical (unpaired) electrons. The molecule has 0 saturated heterocycles. The second-order valence-corrected chi connectivity index (χ2v) is 5.04. The molecule has 0 fully saturated rings. The van der Waals surface area contributed by atoms with E-state index in [0.717, 1.165) is 19.5 Å².